The van der Waals surface area contributed by atoms with E-state index < -0.39 is 0 Å². The van der Waals surface area contributed by atoms with Crippen LogP contribution in [0.4, 0.5) is 5.69 Å². The summed E-state index contributed by atoms with van der Waals surface area (Å²) in [5.41, 5.74) is 8.58. The Morgan fingerprint density at radius 2 is 2.06 bits per heavy atom. The highest BCUT2D eigenvalue weighted by Crippen LogP contribution is 2.24. The lowest BCUT2D eigenvalue weighted by Gasteiger charge is -2.06. The summed E-state index contributed by atoms with van der Waals surface area (Å²) >= 11 is 3.52. The second-order valence-corrected chi connectivity index (χ2v) is 5.05. The smallest absolute Gasteiger partial charge is 0.168 e. The average Bonchev–Trinajstić information content (AvgIpc) is 2.72. The lowest BCUT2D eigenvalue weighted by molar-refractivity contribution is 0.867. The molecule has 0 spiro atoms. The molecule has 0 unspecified atom stereocenters. The van der Waals surface area contributed by atoms with Crippen LogP contribution in [0.25, 0.3) is 16.7 Å². The Morgan fingerprint density at radius 3 is 2.83 bits per heavy atom. The SMILES string of the molecule is Cc1cnc(-n2ncc3ccc(N)cc32)c(Br)c1. The van der Waals surface area contributed by atoms with Crippen LogP contribution in [0.15, 0.2) is 41.1 Å². The molecule has 3 aromatic rings. The van der Waals surface area contributed by atoms with Crippen LogP contribution in [-0.2, 0) is 0 Å². The predicted octanol–water partition coefficient (Wildman–Crippen LogP) is 3.07. The fourth-order valence-corrected chi connectivity index (χ4v) is 2.52. The molecule has 0 atom stereocenters. The number of nitrogens with zero attached hydrogens (tertiary/aromatic N) is 3. The Morgan fingerprint density at radius 1 is 1.22 bits per heavy atom. The van der Waals surface area contributed by atoms with Crippen LogP contribution in [0, 0.1) is 6.92 Å². The largest absolute Gasteiger partial charge is 0.399 e. The number of aryl methyl sites for hydroxylation is 1. The second kappa shape index (κ2) is 4.10. The van der Waals surface area contributed by atoms with E-state index in [1.54, 1.807) is 4.68 Å². The number of hydrogen-bond donors (Lipinski definition) is 1. The number of fused-ring (bicyclic) bond motifs is 1. The van der Waals surface area contributed by atoms with Crippen molar-refractivity contribution in [3.63, 3.8) is 0 Å². The molecule has 0 saturated heterocycles. The highest BCUT2D eigenvalue weighted by molar-refractivity contribution is 9.10. The molecule has 3 rings (SSSR count). The van der Waals surface area contributed by atoms with Crippen molar-refractivity contribution in [2.24, 2.45) is 0 Å². The van der Waals surface area contributed by atoms with E-state index >= 15 is 0 Å². The molecular formula is C13H11BrN4. The number of rotatable bonds is 1. The van der Waals surface area contributed by atoms with E-state index in [0.29, 0.717) is 5.69 Å². The molecule has 0 aliphatic carbocycles. The number of halogens is 1. The number of aromatic nitrogens is 3. The second-order valence-electron chi connectivity index (χ2n) is 4.19. The van der Waals surface area contributed by atoms with Gasteiger partial charge in [-0.05, 0) is 52.7 Å². The standard InChI is InChI=1S/C13H11BrN4/c1-8-4-11(14)13(16-6-8)18-12-5-10(15)3-2-9(12)7-17-18/h2-7H,15H2,1H3. The van der Waals surface area contributed by atoms with Crippen molar-refractivity contribution in [2.75, 3.05) is 5.73 Å². The van der Waals surface area contributed by atoms with Gasteiger partial charge < -0.3 is 5.73 Å². The Labute approximate surface area is 113 Å². The number of nitrogens with two attached hydrogens (primary N) is 1. The molecule has 0 saturated carbocycles. The molecule has 2 aromatic heterocycles. The fourth-order valence-electron chi connectivity index (χ4n) is 1.89. The van der Waals surface area contributed by atoms with E-state index in [1.165, 1.54) is 0 Å². The molecule has 1 aromatic carbocycles. The number of pyridine rings is 1. The maximum absolute atomic E-state index is 5.82. The molecule has 90 valence electrons. The molecule has 0 bridgehead atoms. The highest BCUT2D eigenvalue weighted by atomic mass is 79.9. The van der Waals surface area contributed by atoms with Crippen molar-refractivity contribution in [1.29, 1.82) is 0 Å². The van der Waals surface area contributed by atoms with Crippen LogP contribution >= 0.6 is 15.9 Å². The molecular weight excluding hydrogens is 292 g/mol. The van der Waals surface area contributed by atoms with Crippen LogP contribution in [0.5, 0.6) is 0 Å². The average molecular weight is 303 g/mol. The summed E-state index contributed by atoms with van der Waals surface area (Å²) in [4.78, 5) is 4.41. The zero-order valence-electron chi connectivity index (χ0n) is 9.76. The molecule has 5 heteroatoms. The molecule has 4 nitrogen and oxygen atoms in total. The molecule has 0 aliphatic rings. The van der Waals surface area contributed by atoms with E-state index in [-0.39, 0.29) is 0 Å². The van der Waals surface area contributed by atoms with E-state index in [4.69, 9.17) is 5.73 Å². The van der Waals surface area contributed by atoms with Gasteiger partial charge in [0.2, 0.25) is 0 Å². The topological polar surface area (TPSA) is 56.7 Å². The summed E-state index contributed by atoms with van der Waals surface area (Å²) in [6.07, 6.45) is 3.63. The molecule has 0 aliphatic heterocycles. The maximum Gasteiger partial charge on any atom is 0.168 e. The Kier molecular flexibility index (Phi) is 2.56. The van der Waals surface area contributed by atoms with Gasteiger partial charge >= 0.3 is 0 Å². The van der Waals surface area contributed by atoms with Gasteiger partial charge in [-0.3, -0.25) is 0 Å². The highest BCUT2D eigenvalue weighted by Gasteiger charge is 2.09. The van der Waals surface area contributed by atoms with Gasteiger partial charge in [-0.15, -0.1) is 0 Å². The first-order valence-electron chi connectivity index (χ1n) is 5.51. The minimum Gasteiger partial charge on any atom is -0.399 e. The minimum atomic E-state index is 0.715. The van der Waals surface area contributed by atoms with Crippen LogP contribution in [0.1, 0.15) is 5.56 Å². The number of benzene rings is 1. The summed E-state index contributed by atoms with van der Waals surface area (Å²) in [5, 5.41) is 5.41. The molecule has 0 fully saturated rings. The summed E-state index contributed by atoms with van der Waals surface area (Å²) in [6.45, 7) is 2.00. The predicted molar refractivity (Wildman–Crippen MR) is 75.7 cm³/mol. The van der Waals surface area contributed by atoms with Crippen molar-refractivity contribution >= 4 is 32.5 Å². The maximum atomic E-state index is 5.82. The molecule has 2 heterocycles. The van der Waals surface area contributed by atoms with Crippen molar-refractivity contribution in [3.8, 4) is 5.82 Å². The van der Waals surface area contributed by atoms with Gasteiger partial charge in [-0.1, -0.05) is 0 Å². The quantitative estimate of drug-likeness (QED) is 0.703. The third kappa shape index (κ3) is 1.76. The van der Waals surface area contributed by atoms with Crippen LogP contribution in [0.2, 0.25) is 0 Å². The van der Waals surface area contributed by atoms with Crippen LogP contribution in [-0.4, -0.2) is 14.8 Å². The Bertz CT molecular complexity index is 733. The molecule has 2 N–H and O–H groups in total. The van der Waals surface area contributed by atoms with Gasteiger partial charge in [0.1, 0.15) is 0 Å². The third-order valence-corrected chi connectivity index (χ3v) is 3.34. The molecule has 0 amide bonds. The van der Waals surface area contributed by atoms with E-state index in [0.717, 1.165) is 26.8 Å². The Balaban J connectivity index is 2.28. The van der Waals surface area contributed by atoms with E-state index in [1.807, 2.05) is 43.6 Å². The summed E-state index contributed by atoms with van der Waals surface area (Å²) < 4.78 is 2.70. The monoisotopic (exact) mass is 302 g/mol. The number of nitrogen functional groups attached to an aromatic ring is 1. The zero-order chi connectivity index (χ0) is 12.7. The Hall–Kier alpha value is -1.88. The van der Waals surface area contributed by atoms with E-state index in [2.05, 4.69) is 26.0 Å². The normalized spacial score (nSPS) is 11.0. The minimum absolute atomic E-state index is 0.715. The fraction of sp³-hybridized carbons (Fsp3) is 0.0769. The van der Waals surface area contributed by atoms with Gasteiger partial charge in [-0.2, -0.15) is 5.10 Å². The first-order valence-corrected chi connectivity index (χ1v) is 6.30. The van der Waals surface area contributed by atoms with Crippen LogP contribution in [0.3, 0.4) is 0 Å². The first kappa shape index (κ1) is 11.2. The van der Waals surface area contributed by atoms with E-state index in [9.17, 15) is 0 Å². The number of hydrogen-bond acceptors (Lipinski definition) is 3. The van der Waals surface area contributed by atoms with Gasteiger partial charge in [0, 0.05) is 17.3 Å². The summed E-state index contributed by atoms with van der Waals surface area (Å²) in [7, 11) is 0. The lowest BCUT2D eigenvalue weighted by Crippen LogP contribution is -2.01. The van der Waals surface area contributed by atoms with Gasteiger partial charge in [0.05, 0.1) is 16.2 Å². The van der Waals surface area contributed by atoms with Gasteiger partial charge in [0.25, 0.3) is 0 Å². The number of anilines is 1. The third-order valence-electron chi connectivity index (χ3n) is 2.75. The molecule has 0 radical (unpaired) electrons. The summed E-state index contributed by atoms with van der Waals surface area (Å²) in [6, 6.07) is 7.74. The van der Waals surface area contributed by atoms with Crippen molar-refractivity contribution in [1.82, 2.24) is 14.8 Å². The van der Waals surface area contributed by atoms with Crippen molar-refractivity contribution in [3.05, 3.63) is 46.7 Å². The van der Waals surface area contributed by atoms with Gasteiger partial charge in [-0.25, -0.2) is 9.67 Å². The van der Waals surface area contributed by atoms with Crippen molar-refractivity contribution in [2.45, 2.75) is 6.92 Å². The summed E-state index contributed by atoms with van der Waals surface area (Å²) in [5.74, 6) is 0.765. The first-order chi connectivity index (χ1) is 8.65. The zero-order valence-corrected chi connectivity index (χ0v) is 11.3. The van der Waals surface area contributed by atoms with Crippen LogP contribution < -0.4 is 5.73 Å². The lowest BCUT2D eigenvalue weighted by atomic mass is 10.2. The molecule has 18 heavy (non-hydrogen) atoms. The van der Waals surface area contributed by atoms with Gasteiger partial charge in [0.15, 0.2) is 5.82 Å². The van der Waals surface area contributed by atoms with Crippen molar-refractivity contribution < 1.29 is 0 Å².